The lowest BCUT2D eigenvalue weighted by molar-refractivity contribution is 0.114. The number of aliphatic hydroxyl groups excluding tert-OH is 1. The largest absolute Gasteiger partial charge is 0.379 e. The number of hydrogen-bond acceptors (Lipinski definition) is 6. The molecule has 0 aromatic rings. The molecule has 7 atom stereocenters. The number of hydrogen-bond donors (Lipinski definition) is 6. The molecule has 1 saturated heterocycles. The molecule has 2 saturated carbocycles. The van der Waals surface area contributed by atoms with Gasteiger partial charge in [-0.2, -0.15) is 0 Å². The Balaban J connectivity index is 1.31. The van der Waals surface area contributed by atoms with Crippen molar-refractivity contribution in [3.8, 4) is 0 Å². The lowest BCUT2D eigenvalue weighted by atomic mass is 9.85. The summed E-state index contributed by atoms with van der Waals surface area (Å²) in [7, 11) is 0. The summed E-state index contributed by atoms with van der Waals surface area (Å²) in [6, 6.07) is 1.13. The van der Waals surface area contributed by atoms with E-state index in [0.717, 1.165) is 57.5 Å². The van der Waals surface area contributed by atoms with Crippen LogP contribution in [0.3, 0.4) is 0 Å². The number of nitrogens with two attached hydrogens (primary N) is 1. The zero-order chi connectivity index (χ0) is 20.6. The molecular weight excluding hydrogens is 386 g/mol. The van der Waals surface area contributed by atoms with Crippen LogP contribution in [0, 0.1) is 11.8 Å². The predicted molar refractivity (Wildman–Crippen MR) is 121 cm³/mol. The molecular formula is C22H44ClN5O. The van der Waals surface area contributed by atoms with E-state index >= 15 is 0 Å². The molecule has 0 bridgehead atoms. The van der Waals surface area contributed by atoms with Crippen LogP contribution in [0.2, 0.25) is 0 Å². The minimum Gasteiger partial charge on any atom is -0.379 e. The molecule has 2 aliphatic carbocycles. The van der Waals surface area contributed by atoms with Crippen molar-refractivity contribution in [2.45, 2.75) is 114 Å². The fourth-order valence-electron chi connectivity index (χ4n) is 5.36. The third-order valence-corrected chi connectivity index (χ3v) is 7.88. The van der Waals surface area contributed by atoms with E-state index in [0.29, 0.717) is 24.0 Å². The topological polar surface area (TPSA) is 94.4 Å². The van der Waals surface area contributed by atoms with E-state index in [4.69, 9.17) is 17.3 Å². The Morgan fingerprint density at radius 2 is 1.90 bits per heavy atom. The van der Waals surface area contributed by atoms with E-state index in [9.17, 15) is 5.11 Å². The van der Waals surface area contributed by atoms with Gasteiger partial charge < -0.3 is 10.8 Å². The molecule has 29 heavy (non-hydrogen) atoms. The highest BCUT2D eigenvalue weighted by molar-refractivity contribution is 6.21. The normalized spacial score (nSPS) is 37.7. The monoisotopic (exact) mass is 429 g/mol. The van der Waals surface area contributed by atoms with Gasteiger partial charge in [0.25, 0.3) is 0 Å². The van der Waals surface area contributed by atoms with E-state index < -0.39 is 0 Å². The Hall–Kier alpha value is 0.0500. The molecule has 3 aliphatic rings. The molecule has 3 rings (SSSR count). The third-order valence-electron chi connectivity index (χ3n) is 7.36. The van der Waals surface area contributed by atoms with Crippen LogP contribution in [-0.4, -0.2) is 54.2 Å². The van der Waals surface area contributed by atoms with Crippen molar-refractivity contribution < 1.29 is 5.11 Å². The quantitative estimate of drug-likeness (QED) is 0.235. The molecule has 0 aromatic carbocycles. The second kappa shape index (κ2) is 12.2. The first-order valence-electron chi connectivity index (χ1n) is 12.1. The third kappa shape index (κ3) is 7.60. The van der Waals surface area contributed by atoms with Gasteiger partial charge in [-0.1, -0.05) is 19.3 Å². The van der Waals surface area contributed by atoms with E-state index in [-0.39, 0.29) is 17.9 Å². The molecule has 3 fully saturated rings. The maximum Gasteiger partial charge on any atom is 0.112 e. The summed E-state index contributed by atoms with van der Waals surface area (Å²) >= 11 is 6.57. The zero-order valence-corrected chi connectivity index (χ0v) is 19.0. The maximum absolute atomic E-state index is 10.3. The fourth-order valence-corrected chi connectivity index (χ4v) is 5.67. The standard InChI is InChI=1S/C22H44ClN5O/c1-15-19(8-5-9-21(29)25-14-16-6-3-2-4-7-16)27-22(26-15)28-20-12-17(13-24)10-11-18(20)23/h15-22,25-29H,2-14,24H2,1H3. The predicted octanol–water partition coefficient (Wildman–Crippen LogP) is 2.20. The smallest absolute Gasteiger partial charge is 0.112 e. The number of halogens is 1. The molecule has 1 heterocycles. The summed E-state index contributed by atoms with van der Waals surface area (Å²) in [6.45, 7) is 3.96. The molecule has 7 N–H and O–H groups in total. The van der Waals surface area contributed by atoms with Crippen LogP contribution in [0.25, 0.3) is 0 Å². The minimum atomic E-state index is -0.372. The van der Waals surface area contributed by atoms with Gasteiger partial charge in [-0.3, -0.25) is 21.3 Å². The Bertz CT molecular complexity index is 464. The molecule has 170 valence electrons. The molecule has 1 aliphatic heterocycles. The fraction of sp³-hybridized carbons (Fsp3) is 1.00. The average Bonchev–Trinajstić information content (AvgIpc) is 3.08. The van der Waals surface area contributed by atoms with Crippen molar-refractivity contribution in [1.82, 2.24) is 21.3 Å². The van der Waals surface area contributed by atoms with Crippen molar-refractivity contribution >= 4 is 11.6 Å². The SMILES string of the molecule is CC1NC(NC2CC(CN)CCC2Cl)NC1CCCC(O)NCC1CCCCC1. The van der Waals surface area contributed by atoms with Crippen LogP contribution < -0.4 is 27.0 Å². The van der Waals surface area contributed by atoms with Crippen LogP contribution in [0.1, 0.15) is 77.6 Å². The van der Waals surface area contributed by atoms with Crippen molar-refractivity contribution in [2.75, 3.05) is 13.1 Å². The Kier molecular flexibility index (Phi) is 9.96. The molecule has 0 radical (unpaired) electrons. The second-order valence-corrected chi connectivity index (χ2v) is 10.3. The van der Waals surface area contributed by atoms with Gasteiger partial charge in [0, 0.05) is 30.0 Å². The van der Waals surface area contributed by atoms with E-state index in [1.807, 2.05) is 0 Å². The molecule has 6 nitrogen and oxygen atoms in total. The Labute approximate surface area is 182 Å². The number of alkyl halides is 1. The van der Waals surface area contributed by atoms with E-state index in [1.165, 1.54) is 32.1 Å². The van der Waals surface area contributed by atoms with E-state index in [2.05, 4.69) is 28.2 Å². The minimum absolute atomic E-state index is 0.104. The van der Waals surface area contributed by atoms with Crippen LogP contribution in [0.4, 0.5) is 0 Å². The molecule has 7 heteroatoms. The number of rotatable bonds is 10. The summed E-state index contributed by atoms with van der Waals surface area (Å²) in [5.41, 5.74) is 5.88. The highest BCUT2D eigenvalue weighted by atomic mass is 35.5. The maximum atomic E-state index is 10.3. The van der Waals surface area contributed by atoms with Crippen molar-refractivity contribution in [2.24, 2.45) is 17.6 Å². The van der Waals surface area contributed by atoms with Crippen LogP contribution in [-0.2, 0) is 0 Å². The number of nitrogens with one attached hydrogen (secondary N) is 4. The second-order valence-electron chi connectivity index (χ2n) is 9.72. The summed E-state index contributed by atoms with van der Waals surface area (Å²) in [5.74, 6) is 1.34. The molecule has 0 spiro atoms. The highest BCUT2D eigenvalue weighted by Crippen LogP contribution is 2.28. The van der Waals surface area contributed by atoms with Crippen molar-refractivity contribution in [3.63, 3.8) is 0 Å². The Morgan fingerprint density at radius 3 is 2.66 bits per heavy atom. The van der Waals surface area contributed by atoms with Crippen molar-refractivity contribution in [1.29, 1.82) is 0 Å². The van der Waals surface area contributed by atoms with Gasteiger partial charge >= 0.3 is 0 Å². The summed E-state index contributed by atoms with van der Waals surface area (Å²) in [4.78, 5) is 0. The van der Waals surface area contributed by atoms with E-state index in [1.54, 1.807) is 0 Å². The van der Waals surface area contributed by atoms with Gasteiger partial charge in [0.1, 0.15) is 12.5 Å². The van der Waals surface area contributed by atoms with Gasteiger partial charge in [0.05, 0.1) is 0 Å². The highest BCUT2D eigenvalue weighted by Gasteiger charge is 2.34. The van der Waals surface area contributed by atoms with Gasteiger partial charge in [0.2, 0.25) is 0 Å². The Morgan fingerprint density at radius 1 is 1.10 bits per heavy atom. The first-order chi connectivity index (χ1) is 14.0. The lowest BCUT2D eigenvalue weighted by Crippen LogP contribution is -2.55. The average molecular weight is 430 g/mol. The van der Waals surface area contributed by atoms with Crippen LogP contribution >= 0.6 is 11.6 Å². The van der Waals surface area contributed by atoms with Gasteiger partial charge in [0.15, 0.2) is 0 Å². The summed E-state index contributed by atoms with van der Waals surface area (Å²) < 4.78 is 0. The lowest BCUT2D eigenvalue weighted by Gasteiger charge is -2.35. The molecule has 0 amide bonds. The number of aliphatic hydroxyl groups is 1. The molecule has 0 aromatic heterocycles. The van der Waals surface area contributed by atoms with Crippen molar-refractivity contribution in [3.05, 3.63) is 0 Å². The summed E-state index contributed by atoms with van der Waals surface area (Å²) in [6.07, 6.45) is 12.6. The summed E-state index contributed by atoms with van der Waals surface area (Å²) in [5, 5.41) is 24.8. The van der Waals surface area contributed by atoms with Crippen LogP contribution in [0.5, 0.6) is 0 Å². The van der Waals surface area contributed by atoms with Crippen LogP contribution in [0.15, 0.2) is 0 Å². The first-order valence-corrected chi connectivity index (χ1v) is 12.5. The van der Waals surface area contributed by atoms with Gasteiger partial charge in [-0.25, -0.2) is 0 Å². The molecule has 7 unspecified atom stereocenters. The van der Waals surface area contributed by atoms with Gasteiger partial charge in [-0.15, -0.1) is 11.6 Å². The van der Waals surface area contributed by atoms with Gasteiger partial charge in [-0.05, 0) is 76.7 Å². The first kappa shape index (κ1) is 23.7. The zero-order valence-electron chi connectivity index (χ0n) is 18.2.